The lowest BCUT2D eigenvalue weighted by Crippen LogP contribution is -2.39. The van der Waals surface area contributed by atoms with Crippen molar-refractivity contribution in [1.82, 2.24) is 0 Å². The summed E-state index contributed by atoms with van der Waals surface area (Å²) in [7, 11) is -4.70. The standard InChI is InChI=1S/C15H18O5S2/c1-3-4-10-20-14(16)15(2,12-8-6-5-7-9-12)13(11-21)22(17,18)19/h5-9H,3-4,10H2,1-2H3,(H,17,18,19). The minimum atomic E-state index is -4.70. The average molecular weight is 342 g/mol. The van der Waals surface area contributed by atoms with Crippen LogP contribution in [0.25, 0.3) is 0 Å². The lowest BCUT2D eigenvalue weighted by Gasteiger charge is -2.27. The molecule has 0 saturated carbocycles. The van der Waals surface area contributed by atoms with Gasteiger partial charge in [0.05, 0.1) is 6.61 Å². The van der Waals surface area contributed by atoms with E-state index in [4.69, 9.17) is 4.74 Å². The highest BCUT2D eigenvalue weighted by atomic mass is 32.2. The van der Waals surface area contributed by atoms with Crippen molar-refractivity contribution in [2.45, 2.75) is 32.1 Å². The van der Waals surface area contributed by atoms with Gasteiger partial charge in [0.15, 0.2) is 0 Å². The Balaban J connectivity index is 3.40. The fourth-order valence-electron chi connectivity index (χ4n) is 1.98. The van der Waals surface area contributed by atoms with Crippen molar-refractivity contribution >= 4 is 33.3 Å². The number of hydrogen-bond acceptors (Lipinski definition) is 5. The second-order valence-corrected chi connectivity index (χ2v) is 6.45. The number of ether oxygens (including phenoxy) is 1. The van der Waals surface area contributed by atoms with E-state index < -0.39 is 26.4 Å². The lowest BCUT2D eigenvalue weighted by atomic mass is 9.82. The molecule has 1 aromatic carbocycles. The van der Waals surface area contributed by atoms with Crippen molar-refractivity contribution in [3.63, 3.8) is 0 Å². The molecule has 1 rings (SSSR count). The van der Waals surface area contributed by atoms with Crippen molar-refractivity contribution in [1.29, 1.82) is 0 Å². The fraction of sp³-hybridized carbons (Fsp3) is 0.400. The first-order valence-electron chi connectivity index (χ1n) is 6.74. The van der Waals surface area contributed by atoms with Crippen molar-refractivity contribution in [3.8, 4) is 0 Å². The molecule has 0 spiro atoms. The van der Waals surface area contributed by atoms with Gasteiger partial charge in [0.1, 0.15) is 10.3 Å². The molecule has 0 amide bonds. The highest BCUT2D eigenvalue weighted by Crippen LogP contribution is 2.35. The molecule has 5 nitrogen and oxygen atoms in total. The van der Waals surface area contributed by atoms with E-state index in [1.165, 1.54) is 6.92 Å². The monoisotopic (exact) mass is 342 g/mol. The summed E-state index contributed by atoms with van der Waals surface area (Å²) >= 11 is 4.59. The van der Waals surface area contributed by atoms with Gasteiger partial charge in [0.2, 0.25) is 0 Å². The summed E-state index contributed by atoms with van der Waals surface area (Å²) in [5.74, 6) is -0.794. The number of unbranched alkanes of at least 4 members (excludes halogenated alkanes) is 1. The van der Waals surface area contributed by atoms with E-state index in [0.717, 1.165) is 6.42 Å². The second kappa shape index (κ2) is 7.65. The third kappa shape index (κ3) is 4.01. The van der Waals surface area contributed by atoms with Crippen LogP contribution in [-0.2, 0) is 25.1 Å². The first-order chi connectivity index (χ1) is 10.3. The van der Waals surface area contributed by atoms with Crippen LogP contribution in [0.5, 0.6) is 0 Å². The molecule has 1 atom stereocenters. The zero-order valence-corrected chi connectivity index (χ0v) is 14.0. The Labute approximate surface area is 135 Å². The first-order valence-corrected chi connectivity index (χ1v) is 8.59. The minimum absolute atomic E-state index is 0.161. The Kier molecular flexibility index (Phi) is 6.44. The fourth-order valence-corrected chi connectivity index (χ4v) is 3.32. The van der Waals surface area contributed by atoms with E-state index in [9.17, 15) is 17.8 Å². The van der Waals surface area contributed by atoms with E-state index >= 15 is 0 Å². The van der Waals surface area contributed by atoms with Crippen molar-refractivity contribution < 1.29 is 22.5 Å². The number of carbonyl (C=O) groups excluding carboxylic acids is 1. The average Bonchev–Trinajstić information content (AvgIpc) is 2.47. The second-order valence-electron chi connectivity index (χ2n) is 4.89. The topological polar surface area (TPSA) is 80.7 Å². The molecular formula is C15H18O5S2. The number of hydrogen-bond donors (Lipinski definition) is 1. The third-order valence-electron chi connectivity index (χ3n) is 3.30. The van der Waals surface area contributed by atoms with Crippen molar-refractivity contribution in [3.05, 3.63) is 40.8 Å². The van der Waals surface area contributed by atoms with Gasteiger partial charge in [0.25, 0.3) is 10.1 Å². The largest absolute Gasteiger partial charge is 0.465 e. The number of rotatable bonds is 7. The molecule has 0 aliphatic rings. The Morgan fingerprint density at radius 1 is 1.36 bits per heavy atom. The SMILES string of the molecule is CCCCOC(=O)C(C)(C(=C=S)S(=O)(=O)O)c1ccccc1. The molecule has 1 aromatic rings. The van der Waals surface area contributed by atoms with E-state index in [2.05, 4.69) is 12.2 Å². The molecule has 1 N–H and O–H groups in total. The Bertz CT molecular complexity index is 675. The predicted molar refractivity (Wildman–Crippen MR) is 87.3 cm³/mol. The first kappa shape index (κ1) is 18.5. The van der Waals surface area contributed by atoms with Gasteiger partial charge in [-0.3, -0.25) is 9.35 Å². The van der Waals surface area contributed by atoms with Crippen molar-refractivity contribution in [2.24, 2.45) is 0 Å². The normalized spacial score (nSPS) is 13.8. The van der Waals surface area contributed by atoms with Gasteiger partial charge in [-0.15, -0.1) is 0 Å². The summed E-state index contributed by atoms with van der Waals surface area (Å²) in [6.45, 7) is 3.44. The molecule has 0 fully saturated rings. The number of carbonyl (C=O) groups is 1. The Hall–Kier alpha value is -1.53. The maximum absolute atomic E-state index is 12.5. The summed E-state index contributed by atoms with van der Waals surface area (Å²) in [5, 5.41) is 2.01. The summed E-state index contributed by atoms with van der Waals surface area (Å²) < 4.78 is 37.7. The van der Waals surface area contributed by atoms with Gasteiger partial charge < -0.3 is 4.74 Å². The molecular weight excluding hydrogens is 324 g/mol. The number of thiocarbonyl (C=S) groups is 1. The quantitative estimate of drug-likeness (QED) is 0.355. The van der Waals surface area contributed by atoms with E-state index in [0.29, 0.717) is 12.0 Å². The minimum Gasteiger partial charge on any atom is -0.465 e. The van der Waals surface area contributed by atoms with Crippen LogP contribution in [0.3, 0.4) is 0 Å². The molecule has 22 heavy (non-hydrogen) atoms. The van der Waals surface area contributed by atoms with Gasteiger partial charge in [-0.05, 0) is 36.1 Å². The van der Waals surface area contributed by atoms with Crippen LogP contribution in [0.1, 0.15) is 32.3 Å². The van der Waals surface area contributed by atoms with Crippen LogP contribution in [-0.4, -0.2) is 30.6 Å². The Morgan fingerprint density at radius 3 is 2.41 bits per heavy atom. The molecule has 0 saturated heterocycles. The summed E-state index contributed by atoms with van der Waals surface area (Å²) in [6.07, 6.45) is 1.47. The molecule has 0 aliphatic carbocycles. The zero-order chi connectivity index (χ0) is 16.8. The maximum atomic E-state index is 12.5. The van der Waals surface area contributed by atoms with Crippen LogP contribution in [0.15, 0.2) is 35.2 Å². The summed E-state index contributed by atoms with van der Waals surface area (Å²) in [5.41, 5.74) is -1.40. The highest BCUT2D eigenvalue weighted by molar-refractivity contribution is 7.91. The smallest absolute Gasteiger partial charge is 0.322 e. The van der Waals surface area contributed by atoms with E-state index in [-0.39, 0.29) is 6.61 Å². The van der Waals surface area contributed by atoms with Crippen LogP contribution >= 0.6 is 12.2 Å². The van der Waals surface area contributed by atoms with E-state index in [1.807, 2.05) is 11.9 Å². The molecule has 0 aliphatic heterocycles. The van der Waals surface area contributed by atoms with Crippen LogP contribution in [0.4, 0.5) is 0 Å². The molecule has 1 unspecified atom stereocenters. The summed E-state index contributed by atoms with van der Waals surface area (Å²) in [6, 6.07) is 8.16. The van der Waals surface area contributed by atoms with Gasteiger partial charge in [-0.25, -0.2) is 0 Å². The third-order valence-corrected chi connectivity index (χ3v) is 4.65. The van der Waals surface area contributed by atoms with Gasteiger partial charge in [-0.2, -0.15) is 8.42 Å². The highest BCUT2D eigenvalue weighted by Gasteiger charge is 2.46. The van der Waals surface area contributed by atoms with Gasteiger partial charge >= 0.3 is 5.97 Å². The summed E-state index contributed by atoms with van der Waals surface area (Å²) in [4.78, 5) is 11.8. The maximum Gasteiger partial charge on any atom is 0.322 e. The predicted octanol–water partition coefficient (Wildman–Crippen LogP) is 2.66. The molecule has 7 heteroatoms. The Morgan fingerprint density at radius 2 is 1.95 bits per heavy atom. The molecule has 0 aromatic heterocycles. The molecule has 120 valence electrons. The van der Waals surface area contributed by atoms with Crippen LogP contribution < -0.4 is 0 Å². The molecule has 0 heterocycles. The molecule has 0 radical (unpaired) electrons. The lowest BCUT2D eigenvalue weighted by molar-refractivity contribution is -0.148. The zero-order valence-electron chi connectivity index (χ0n) is 12.4. The van der Waals surface area contributed by atoms with Gasteiger partial charge in [0, 0.05) is 0 Å². The van der Waals surface area contributed by atoms with Gasteiger partial charge in [-0.1, -0.05) is 43.7 Å². The van der Waals surface area contributed by atoms with Crippen molar-refractivity contribution in [2.75, 3.05) is 6.61 Å². The van der Waals surface area contributed by atoms with E-state index in [1.54, 1.807) is 30.3 Å². The van der Waals surface area contributed by atoms with Crippen LogP contribution in [0, 0.1) is 0 Å². The number of benzene rings is 1. The molecule has 0 bridgehead atoms. The van der Waals surface area contributed by atoms with Crippen LogP contribution in [0.2, 0.25) is 0 Å². The number of esters is 1.